The Bertz CT molecular complexity index is 1300. The number of carbonyl (C=O) groups excluding carboxylic acids is 3. The maximum absolute atomic E-state index is 12.4. The smallest absolute Gasteiger partial charge is 0.343 e. The van der Waals surface area contributed by atoms with Crippen molar-refractivity contribution in [3.63, 3.8) is 0 Å². The van der Waals surface area contributed by atoms with E-state index in [1.807, 2.05) is 0 Å². The molecule has 0 aliphatic heterocycles. The molecule has 180 valence electrons. The number of ether oxygens (including phenoxy) is 3. The van der Waals surface area contributed by atoms with Crippen molar-refractivity contribution in [2.75, 3.05) is 19.5 Å². The zero-order chi connectivity index (χ0) is 25.4. The first-order valence-electron chi connectivity index (χ1n) is 9.95. The van der Waals surface area contributed by atoms with Crippen LogP contribution in [-0.4, -0.2) is 38.2 Å². The number of para-hydroxylation sites is 2. The van der Waals surface area contributed by atoms with Crippen LogP contribution in [0.1, 0.15) is 15.9 Å². The van der Waals surface area contributed by atoms with Crippen LogP contribution >= 0.6 is 23.2 Å². The molecule has 35 heavy (non-hydrogen) atoms. The molecule has 0 unspecified atom stereocenters. The number of halogens is 2. The molecule has 11 heteroatoms. The van der Waals surface area contributed by atoms with Gasteiger partial charge in [-0.25, -0.2) is 10.2 Å². The summed E-state index contributed by atoms with van der Waals surface area (Å²) in [5.41, 5.74) is 3.19. The van der Waals surface area contributed by atoms with E-state index in [-0.39, 0.29) is 22.1 Å². The molecule has 0 atom stereocenters. The summed E-state index contributed by atoms with van der Waals surface area (Å²) in [6.45, 7) is 0. The molecular weight excluding hydrogens is 497 g/mol. The van der Waals surface area contributed by atoms with Gasteiger partial charge in [0.1, 0.15) is 5.75 Å². The van der Waals surface area contributed by atoms with Crippen LogP contribution in [0.3, 0.4) is 0 Å². The molecule has 0 fully saturated rings. The number of nitrogens with zero attached hydrogens (tertiary/aromatic N) is 1. The van der Waals surface area contributed by atoms with E-state index in [1.54, 1.807) is 30.3 Å². The quantitative estimate of drug-likeness (QED) is 0.159. The normalized spacial score (nSPS) is 10.5. The van der Waals surface area contributed by atoms with Gasteiger partial charge in [-0.2, -0.15) is 5.10 Å². The highest BCUT2D eigenvalue weighted by Gasteiger charge is 2.16. The van der Waals surface area contributed by atoms with Crippen molar-refractivity contribution in [2.45, 2.75) is 0 Å². The van der Waals surface area contributed by atoms with E-state index < -0.39 is 17.8 Å². The van der Waals surface area contributed by atoms with Gasteiger partial charge >= 0.3 is 17.8 Å². The molecule has 9 nitrogen and oxygen atoms in total. The lowest BCUT2D eigenvalue weighted by molar-refractivity contribution is -0.136. The van der Waals surface area contributed by atoms with Crippen LogP contribution in [-0.2, 0) is 9.59 Å². The van der Waals surface area contributed by atoms with Crippen molar-refractivity contribution in [3.05, 3.63) is 81.8 Å². The summed E-state index contributed by atoms with van der Waals surface area (Å²) in [4.78, 5) is 36.5. The largest absolute Gasteiger partial charge is 0.495 e. The predicted octanol–water partition coefficient (Wildman–Crippen LogP) is 4.32. The van der Waals surface area contributed by atoms with Crippen LogP contribution in [0.15, 0.2) is 65.8 Å². The Morgan fingerprint density at radius 1 is 0.829 bits per heavy atom. The van der Waals surface area contributed by atoms with E-state index in [2.05, 4.69) is 15.8 Å². The molecule has 0 aromatic heterocycles. The fourth-order valence-corrected chi connectivity index (χ4v) is 3.07. The first-order valence-corrected chi connectivity index (χ1v) is 10.7. The van der Waals surface area contributed by atoms with Gasteiger partial charge in [0.25, 0.3) is 0 Å². The van der Waals surface area contributed by atoms with Crippen LogP contribution in [0.2, 0.25) is 10.0 Å². The standard InChI is InChI=1S/C24H19Cl2N3O6/c1-33-19-6-4-3-5-18(19)28-22(30)23(31)29-27-13-14-7-10-20(21(11-14)34-2)35-24(32)15-8-9-16(25)17(26)12-15/h3-13H,1-2H3,(H,28,30)(H,29,31). The summed E-state index contributed by atoms with van der Waals surface area (Å²) in [6, 6.07) is 15.6. The van der Waals surface area contributed by atoms with Gasteiger partial charge in [0.15, 0.2) is 11.5 Å². The molecule has 0 aliphatic rings. The molecule has 0 heterocycles. The van der Waals surface area contributed by atoms with Crippen LogP contribution in [0.4, 0.5) is 5.69 Å². The van der Waals surface area contributed by atoms with E-state index in [9.17, 15) is 14.4 Å². The summed E-state index contributed by atoms with van der Waals surface area (Å²) < 4.78 is 15.8. The highest BCUT2D eigenvalue weighted by molar-refractivity contribution is 6.42. The van der Waals surface area contributed by atoms with E-state index in [0.29, 0.717) is 22.0 Å². The third-order valence-corrected chi connectivity index (χ3v) is 5.23. The zero-order valence-electron chi connectivity index (χ0n) is 18.5. The topological polar surface area (TPSA) is 115 Å². The highest BCUT2D eigenvalue weighted by Crippen LogP contribution is 2.29. The molecule has 0 saturated heterocycles. The van der Waals surface area contributed by atoms with Crippen LogP contribution in [0.5, 0.6) is 17.2 Å². The Balaban J connectivity index is 1.62. The second kappa shape index (κ2) is 11.9. The number of anilines is 1. The molecule has 0 bridgehead atoms. The second-order valence-corrected chi connectivity index (χ2v) is 7.60. The molecule has 0 spiro atoms. The number of rotatable bonds is 7. The molecular formula is C24H19Cl2N3O6. The van der Waals surface area contributed by atoms with E-state index in [1.165, 1.54) is 50.8 Å². The third-order valence-electron chi connectivity index (χ3n) is 4.49. The van der Waals surface area contributed by atoms with E-state index >= 15 is 0 Å². The van der Waals surface area contributed by atoms with Gasteiger partial charge in [-0.05, 0) is 54.1 Å². The van der Waals surface area contributed by atoms with Crippen LogP contribution in [0.25, 0.3) is 0 Å². The minimum Gasteiger partial charge on any atom is -0.495 e. The minimum atomic E-state index is -0.980. The molecule has 3 rings (SSSR count). The van der Waals surface area contributed by atoms with Gasteiger partial charge in [-0.15, -0.1) is 0 Å². The Labute approximate surface area is 210 Å². The molecule has 2 amide bonds. The average Bonchev–Trinajstić information content (AvgIpc) is 2.86. The molecule has 0 aliphatic carbocycles. The average molecular weight is 516 g/mol. The minimum absolute atomic E-state index is 0.154. The Hall–Kier alpha value is -4.08. The summed E-state index contributed by atoms with van der Waals surface area (Å²) in [6.07, 6.45) is 1.29. The monoisotopic (exact) mass is 515 g/mol. The van der Waals surface area contributed by atoms with Crippen molar-refractivity contribution in [3.8, 4) is 17.2 Å². The Kier molecular flexibility index (Phi) is 8.66. The lowest BCUT2D eigenvalue weighted by Crippen LogP contribution is -2.32. The van der Waals surface area contributed by atoms with Gasteiger partial charge in [-0.1, -0.05) is 35.3 Å². The molecule has 0 radical (unpaired) electrons. The number of hydrogen-bond acceptors (Lipinski definition) is 7. The van der Waals surface area contributed by atoms with Crippen molar-refractivity contribution >= 4 is 52.9 Å². The third kappa shape index (κ3) is 6.72. The van der Waals surface area contributed by atoms with Crippen LogP contribution < -0.4 is 25.0 Å². The fraction of sp³-hybridized carbons (Fsp3) is 0.0833. The number of hydrogen-bond donors (Lipinski definition) is 2. The van der Waals surface area contributed by atoms with Gasteiger partial charge < -0.3 is 19.5 Å². The van der Waals surface area contributed by atoms with E-state index in [4.69, 9.17) is 37.4 Å². The number of methoxy groups -OCH3 is 2. The number of hydrazone groups is 1. The van der Waals surface area contributed by atoms with Crippen LogP contribution in [0, 0.1) is 0 Å². The predicted molar refractivity (Wildman–Crippen MR) is 132 cm³/mol. The van der Waals surface area contributed by atoms with Gasteiger partial charge in [0.2, 0.25) is 0 Å². The zero-order valence-corrected chi connectivity index (χ0v) is 20.0. The maximum Gasteiger partial charge on any atom is 0.343 e. The van der Waals surface area contributed by atoms with Crippen molar-refractivity contribution in [1.82, 2.24) is 5.43 Å². The SMILES string of the molecule is COc1ccccc1NC(=O)C(=O)NN=Cc1ccc(OC(=O)c2ccc(Cl)c(Cl)c2)c(OC)c1. The first-order chi connectivity index (χ1) is 16.8. The highest BCUT2D eigenvalue weighted by atomic mass is 35.5. The Morgan fingerprint density at radius 3 is 2.29 bits per heavy atom. The maximum atomic E-state index is 12.4. The molecule has 2 N–H and O–H groups in total. The lowest BCUT2D eigenvalue weighted by Gasteiger charge is -2.10. The summed E-state index contributed by atoms with van der Waals surface area (Å²) in [5, 5.41) is 6.75. The summed E-state index contributed by atoms with van der Waals surface area (Å²) in [5.74, 6) is -1.76. The molecule has 3 aromatic rings. The van der Waals surface area contributed by atoms with Gasteiger partial charge in [0.05, 0.1) is 41.7 Å². The molecule has 3 aromatic carbocycles. The molecule has 0 saturated carbocycles. The van der Waals surface area contributed by atoms with Crippen molar-refractivity contribution in [1.29, 1.82) is 0 Å². The number of esters is 1. The number of benzene rings is 3. The number of amides is 2. The fourth-order valence-electron chi connectivity index (χ4n) is 2.77. The summed E-state index contributed by atoms with van der Waals surface area (Å²) >= 11 is 11.8. The van der Waals surface area contributed by atoms with Crippen molar-refractivity contribution < 1.29 is 28.6 Å². The van der Waals surface area contributed by atoms with Gasteiger partial charge in [0, 0.05) is 0 Å². The van der Waals surface area contributed by atoms with E-state index in [0.717, 1.165) is 0 Å². The second-order valence-electron chi connectivity index (χ2n) is 6.78. The number of nitrogens with one attached hydrogen (secondary N) is 2. The lowest BCUT2D eigenvalue weighted by atomic mass is 10.2. The van der Waals surface area contributed by atoms with Gasteiger partial charge in [-0.3, -0.25) is 9.59 Å². The number of carbonyl (C=O) groups is 3. The summed E-state index contributed by atoms with van der Waals surface area (Å²) in [7, 11) is 2.85. The van der Waals surface area contributed by atoms with Crippen molar-refractivity contribution in [2.24, 2.45) is 5.10 Å². The Morgan fingerprint density at radius 2 is 1.57 bits per heavy atom. The first kappa shape index (κ1) is 25.5.